The number of nitrogens with zero attached hydrogens (tertiary/aromatic N) is 1. The molecule has 0 spiro atoms. The first-order valence-corrected chi connectivity index (χ1v) is 6.96. The normalized spacial score (nSPS) is 11.8. The molecule has 0 saturated carbocycles. The van der Waals surface area contributed by atoms with Crippen LogP contribution in [0.3, 0.4) is 0 Å². The lowest BCUT2D eigenvalue weighted by Crippen LogP contribution is -2.30. The van der Waals surface area contributed by atoms with E-state index >= 15 is 0 Å². The zero-order valence-electron chi connectivity index (χ0n) is 12.0. The molecule has 4 rings (SSSR count). The smallest absolute Gasteiger partial charge is 0.240 e. The fourth-order valence-corrected chi connectivity index (χ4v) is 3.26. The van der Waals surface area contributed by atoms with Crippen LogP contribution in [-0.4, -0.2) is 4.98 Å². The van der Waals surface area contributed by atoms with Gasteiger partial charge in [-0.2, -0.15) is 0 Å². The van der Waals surface area contributed by atoms with Gasteiger partial charge in [0.25, 0.3) is 5.65 Å². The zero-order valence-corrected chi connectivity index (χ0v) is 12.0. The lowest BCUT2D eigenvalue weighted by atomic mass is 10.0. The van der Waals surface area contributed by atoms with Gasteiger partial charge in [0, 0.05) is 10.8 Å². The van der Waals surface area contributed by atoms with Crippen molar-refractivity contribution < 1.29 is 4.57 Å². The van der Waals surface area contributed by atoms with Crippen molar-refractivity contribution in [2.45, 2.75) is 13.8 Å². The maximum Gasteiger partial charge on any atom is 0.288 e. The van der Waals surface area contributed by atoms with E-state index in [0.29, 0.717) is 0 Å². The highest BCUT2D eigenvalue weighted by molar-refractivity contribution is 6.10. The van der Waals surface area contributed by atoms with Crippen molar-refractivity contribution in [2.24, 2.45) is 7.05 Å². The van der Waals surface area contributed by atoms with Gasteiger partial charge >= 0.3 is 0 Å². The molecule has 2 aromatic heterocycles. The molecule has 0 aliphatic carbocycles. The Kier molecular flexibility index (Phi) is 2.19. The molecule has 0 aliphatic heterocycles. The molecular weight excluding hydrogens is 244 g/mol. The lowest BCUT2D eigenvalue weighted by molar-refractivity contribution is -0.619. The second-order valence-electron chi connectivity index (χ2n) is 5.60. The second kappa shape index (κ2) is 3.83. The molecule has 0 amide bonds. The van der Waals surface area contributed by atoms with E-state index in [2.05, 4.69) is 72.9 Å². The van der Waals surface area contributed by atoms with E-state index in [9.17, 15) is 0 Å². The highest BCUT2D eigenvalue weighted by atomic mass is 15.0. The average Bonchev–Trinajstić information content (AvgIpc) is 2.84. The van der Waals surface area contributed by atoms with Crippen LogP contribution in [0.4, 0.5) is 0 Å². The molecule has 0 saturated heterocycles. The number of aryl methyl sites for hydroxylation is 3. The highest BCUT2D eigenvalue weighted by Crippen LogP contribution is 2.30. The number of hydrogen-bond acceptors (Lipinski definition) is 0. The van der Waals surface area contributed by atoms with Gasteiger partial charge in [0.1, 0.15) is 11.0 Å². The summed E-state index contributed by atoms with van der Waals surface area (Å²) >= 11 is 0. The highest BCUT2D eigenvalue weighted by Gasteiger charge is 2.19. The number of aromatic amines is 1. The predicted molar refractivity (Wildman–Crippen MR) is 84.0 cm³/mol. The largest absolute Gasteiger partial charge is 0.288 e. The average molecular weight is 261 g/mol. The Morgan fingerprint density at radius 3 is 2.60 bits per heavy atom. The van der Waals surface area contributed by atoms with Crippen LogP contribution in [0.2, 0.25) is 0 Å². The minimum absolute atomic E-state index is 1.20. The number of para-hydroxylation sites is 1. The maximum absolute atomic E-state index is 3.57. The van der Waals surface area contributed by atoms with E-state index in [0.717, 1.165) is 0 Å². The van der Waals surface area contributed by atoms with E-state index in [4.69, 9.17) is 0 Å². The van der Waals surface area contributed by atoms with Crippen LogP contribution in [0.25, 0.3) is 32.8 Å². The van der Waals surface area contributed by atoms with E-state index in [1.165, 1.54) is 44.0 Å². The van der Waals surface area contributed by atoms with Gasteiger partial charge in [-0.3, -0.25) is 0 Å². The number of fused-ring (bicyclic) bond motifs is 4. The fourth-order valence-electron chi connectivity index (χ4n) is 3.26. The molecular formula is C18H17N2+. The van der Waals surface area contributed by atoms with Crippen molar-refractivity contribution in [3.63, 3.8) is 0 Å². The van der Waals surface area contributed by atoms with E-state index in [1.807, 2.05) is 0 Å². The number of nitrogens with one attached hydrogen (secondary N) is 1. The van der Waals surface area contributed by atoms with Crippen molar-refractivity contribution >= 4 is 32.8 Å². The van der Waals surface area contributed by atoms with Gasteiger partial charge in [-0.1, -0.05) is 29.8 Å². The summed E-state index contributed by atoms with van der Waals surface area (Å²) in [6, 6.07) is 15.2. The molecule has 98 valence electrons. The molecule has 0 atom stereocenters. The summed E-state index contributed by atoms with van der Waals surface area (Å²) in [4.78, 5) is 3.57. The number of hydrogen-bond donors (Lipinski definition) is 1. The molecule has 1 N–H and O–H groups in total. The maximum atomic E-state index is 3.57. The molecule has 2 aromatic carbocycles. The predicted octanol–water partition coefficient (Wildman–Crippen LogP) is 3.92. The quantitative estimate of drug-likeness (QED) is 0.463. The van der Waals surface area contributed by atoms with Crippen LogP contribution in [0, 0.1) is 13.8 Å². The minimum Gasteiger partial charge on any atom is -0.240 e. The molecule has 0 unspecified atom stereocenters. The Morgan fingerprint density at radius 1 is 0.950 bits per heavy atom. The summed E-state index contributed by atoms with van der Waals surface area (Å²) < 4.78 is 2.26. The summed E-state index contributed by atoms with van der Waals surface area (Å²) in [7, 11) is 2.13. The molecule has 0 aliphatic rings. The van der Waals surface area contributed by atoms with Gasteiger partial charge in [0.05, 0.1) is 12.4 Å². The van der Waals surface area contributed by atoms with E-state index in [1.54, 1.807) is 0 Å². The SMILES string of the molecule is Cc1ccc2[nH]c3c(c(C)c4ccccc4[n+]3C)c2c1. The van der Waals surface area contributed by atoms with Gasteiger partial charge in [-0.25, -0.2) is 9.55 Å². The van der Waals surface area contributed by atoms with E-state index in [-0.39, 0.29) is 0 Å². The first-order chi connectivity index (χ1) is 9.66. The van der Waals surface area contributed by atoms with Gasteiger partial charge < -0.3 is 0 Å². The Hall–Kier alpha value is -2.35. The molecule has 2 nitrogen and oxygen atoms in total. The van der Waals surface area contributed by atoms with Crippen molar-refractivity contribution in [3.05, 3.63) is 53.6 Å². The Bertz CT molecular complexity index is 977. The van der Waals surface area contributed by atoms with Gasteiger partial charge in [0.2, 0.25) is 0 Å². The number of H-pyrrole nitrogens is 1. The first-order valence-electron chi connectivity index (χ1n) is 6.96. The molecule has 20 heavy (non-hydrogen) atoms. The fraction of sp³-hybridized carbons (Fsp3) is 0.167. The van der Waals surface area contributed by atoms with Gasteiger partial charge in [-0.15, -0.1) is 0 Å². The van der Waals surface area contributed by atoms with Gasteiger partial charge in [0.15, 0.2) is 0 Å². The summed E-state index contributed by atoms with van der Waals surface area (Å²) in [6.45, 7) is 4.37. The standard InChI is InChI=1S/C18H16N2/c1-11-8-9-15-14(10-11)17-12(2)13-6-4-5-7-16(13)20(3)18(17)19-15/h4-10H,1-3H3/p+1. The first kappa shape index (κ1) is 11.5. The molecule has 0 radical (unpaired) electrons. The summed E-state index contributed by atoms with van der Waals surface area (Å²) in [5, 5.41) is 3.98. The van der Waals surface area contributed by atoms with Crippen LogP contribution in [0.5, 0.6) is 0 Å². The van der Waals surface area contributed by atoms with Gasteiger partial charge in [-0.05, 0) is 37.6 Å². The third kappa shape index (κ3) is 1.36. The zero-order chi connectivity index (χ0) is 13.9. The van der Waals surface area contributed by atoms with Crippen LogP contribution >= 0.6 is 0 Å². The Morgan fingerprint density at radius 2 is 1.75 bits per heavy atom. The topological polar surface area (TPSA) is 19.7 Å². The molecule has 2 heteroatoms. The van der Waals surface area contributed by atoms with Crippen LogP contribution in [0.1, 0.15) is 11.1 Å². The lowest BCUT2D eigenvalue weighted by Gasteiger charge is -2.05. The summed E-state index contributed by atoms with van der Waals surface area (Å²) in [5.74, 6) is 0. The third-order valence-corrected chi connectivity index (χ3v) is 4.31. The number of aromatic nitrogens is 2. The second-order valence-corrected chi connectivity index (χ2v) is 5.60. The molecule has 0 fully saturated rings. The Balaban J connectivity index is 2.36. The molecule has 2 heterocycles. The number of benzene rings is 2. The number of rotatable bonds is 0. The van der Waals surface area contributed by atoms with Crippen molar-refractivity contribution in [2.75, 3.05) is 0 Å². The van der Waals surface area contributed by atoms with Crippen molar-refractivity contribution in [1.82, 2.24) is 4.98 Å². The Labute approximate surface area is 117 Å². The monoisotopic (exact) mass is 261 g/mol. The van der Waals surface area contributed by atoms with Crippen molar-refractivity contribution in [3.8, 4) is 0 Å². The minimum atomic E-state index is 1.20. The molecule has 0 bridgehead atoms. The number of pyridine rings is 1. The van der Waals surface area contributed by atoms with Crippen LogP contribution < -0.4 is 4.57 Å². The van der Waals surface area contributed by atoms with E-state index < -0.39 is 0 Å². The third-order valence-electron chi connectivity index (χ3n) is 4.31. The summed E-state index contributed by atoms with van der Waals surface area (Å²) in [6.07, 6.45) is 0. The summed E-state index contributed by atoms with van der Waals surface area (Å²) in [5.41, 5.74) is 6.32. The van der Waals surface area contributed by atoms with Crippen LogP contribution in [0.15, 0.2) is 42.5 Å². The molecule has 4 aromatic rings. The van der Waals surface area contributed by atoms with Crippen LogP contribution in [-0.2, 0) is 7.05 Å². The van der Waals surface area contributed by atoms with Crippen molar-refractivity contribution in [1.29, 1.82) is 0 Å².